The molecule has 0 aliphatic carbocycles. The molecular weight excluding hydrogens is 354 g/mol. The van der Waals surface area contributed by atoms with Gasteiger partial charge in [0.15, 0.2) is 9.84 Å². The molecule has 136 valence electrons. The Morgan fingerprint density at radius 3 is 2.50 bits per heavy atom. The van der Waals surface area contributed by atoms with Crippen molar-refractivity contribution < 1.29 is 17.9 Å². The average molecular weight is 373 g/mol. The predicted octanol–water partition coefficient (Wildman–Crippen LogP) is 2.66. The van der Waals surface area contributed by atoms with Gasteiger partial charge in [-0.15, -0.1) is 0 Å². The molecule has 0 spiro atoms. The largest absolute Gasteiger partial charge is 0.497 e. The van der Waals surface area contributed by atoms with E-state index < -0.39 is 9.84 Å². The quantitative estimate of drug-likeness (QED) is 0.710. The summed E-state index contributed by atoms with van der Waals surface area (Å²) in [6, 6.07) is 8.91. The molecule has 26 heavy (non-hydrogen) atoms. The molecule has 0 fully saturated rings. The molecule has 0 bridgehead atoms. The van der Waals surface area contributed by atoms with Crippen molar-refractivity contribution in [3.63, 3.8) is 0 Å². The number of sulfone groups is 1. The van der Waals surface area contributed by atoms with E-state index in [2.05, 4.69) is 15.3 Å². The summed E-state index contributed by atoms with van der Waals surface area (Å²) in [6.45, 7) is 0.376. The van der Waals surface area contributed by atoms with E-state index in [0.717, 1.165) is 11.8 Å². The number of benzene rings is 2. The lowest BCUT2D eigenvalue weighted by molar-refractivity contribution is 0.391. The van der Waals surface area contributed by atoms with E-state index in [-0.39, 0.29) is 4.90 Å². The molecule has 0 aliphatic heterocycles. The number of hydrogen-bond donors (Lipinski definition) is 1. The SMILES string of the molecule is COc1ccc(CNc2ccc3nccnc3c2S(C)(=O)=O)c(OC)c1. The molecular formula is C18H19N3O4S. The van der Waals surface area contributed by atoms with Gasteiger partial charge in [0.1, 0.15) is 21.9 Å². The van der Waals surface area contributed by atoms with Gasteiger partial charge in [-0.25, -0.2) is 8.42 Å². The molecule has 0 saturated heterocycles. The first kappa shape index (κ1) is 17.9. The minimum absolute atomic E-state index is 0.135. The van der Waals surface area contributed by atoms with Crippen molar-refractivity contribution in [2.75, 3.05) is 25.8 Å². The van der Waals surface area contributed by atoms with Crippen LogP contribution in [-0.4, -0.2) is 38.9 Å². The van der Waals surface area contributed by atoms with Crippen LogP contribution in [0.15, 0.2) is 47.6 Å². The zero-order valence-electron chi connectivity index (χ0n) is 14.7. The highest BCUT2D eigenvalue weighted by Gasteiger charge is 2.19. The second kappa shape index (κ2) is 7.17. The lowest BCUT2D eigenvalue weighted by Gasteiger charge is -2.15. The van der Waals surface area contributed by atoms with Crippen LogP contribution < -0.4 is 14.8 Å². The number of fused-ring (bicyclic) bond motifs is 1. The van der Waals surface area contributed by atoms with Crippen LogP contribution in [-0.2, 0) is 16.4 Å². The summed E-state index contributed by atoms with van der Waals surface area (Å²) in [5.74, 6) is 1.33. The van der Waals surface area contributed by atoms with Crippen LogP contribution >= 0.6 is 0 Å². The van der Waals surface area contributed by atoms with Crippen LogP contribution in [0.3, 0.4) is 0 Å². The van der Waals surface area contributed by atoms with Crippen LogP contribution in [0.25, 0.3) is 11.0 Å². The van der Waals surface area contributed by atoms with Gasteiger partial charge in [0.2, 0.25) is 0 Å². The number of methoxy groups -OCH3 is 2. The Morgan fingerprint density at radius 2 is 1.81 bits per heavy atom. The minimum Gasteiger partial charge on any atom is -0.497 e. The number of nitrogens with one attached hydrogen (secondary N) is 1. The van der Waals surface area contributed by atoms with E-state index in [4.69, 9.17) is 9.47 Å². The normalized spacial score (nSPS) is 11.3. The molecule has 0 amide bonds. The standard InChI is InChI=1S/C18H19N3O4S/c1-24-13-5-4-12(16(10-13)25-2)11-21-15-7-6-14-17(20-9-8-19-14)18(15)26(3,22)23/h4-10,21H,11H2,1-3H3. The molecule has 0 aliphatic rings. The zero-order chi connectivity index (χ0) is 18.7. The summed E-state index contributed by atoms with van der Waals surface area (Å²) in [4.78, 5) is 8.50. The summed E-state index contributed by atoms with van der Waals surface area (Å²) in [5.41, 5.74) is 2.22. The number of rotatable bonds is 6. The number of anilines is 1. The van der Waals surface area contributed by atoms with Gasteiger partial charge in [0, 0.05) is 36.8 Å². The van der Waals surface area contributed by atoms with Gasteiger partial charge in [-0.05, 0) is 24.3 Å². The maximum absolute atomic E-state index is 12.3. The maximum atomic E-state index is 12.3. The molecule has 8 heteroatoms. The minimum atomic E-state index is -3.51. The van der Waals surface area contributed by atoms with E-state index in [1.807, 2.05) is 12.1 Å². The third-order valence-corrected chi connectivity index (χ3v) is 5.08. The molecule has 2 aromatic carbocycles. The molecule has 1 heterocycles. The molecule has 1 N–H and O–H groups in total. The number of aromatic nitrogens is 2. The fourth-order valence-corrected chi connectivity index (χ4v) is 3.76. The molecule has 3 aromatic rings. The molecule has 0 saturated carbocycles. The Morgan fingerprint density at radius 1 is 1.04 bits per heavy atom. The van der Waals surface area contributed by atoms with Crippen LogP contribution in [0.2, 0.25) is 0 Å². The van der Waals surface area contributed by atoms with Crippen molar-refractivity contribution in [1.29, 1.82) is 0 Å². The Kier molecular flexibility index (Phi) is 4.94. The molecule has 0 unspecified atom stereocenters. The first-order valence-electron chi connectivity index (χ1n) is 7.82. The van der Waals surface area contributed by atoms with Gasteiger partial charge < -0.3 is 14.8 Å². The first-order chi connectivity index (χ1) is 12.4. The second-order valence-corrected chi connectivity index (χ2v) is 7.62. The van der Waals surface area contributed by atoms with Crippen LogP contribution in [0, 0.1) is 0 Å². The molecule has 7 nitrogen and oxygen atoms in total. The third kappa shape index (κ3) is 3.55. The van der Waals surface area contributed by atoms with E-state index in [9.17, 15) is 8.42 Å². The van der Waals surface area contributed by atoms with Crippen LogP contribution in [0.4, 0.5) is 5.69 Å². The van der Waals surface area contributed by atoms with Gasteiger partial charge in [-0.3, -0.25) is 9.97 Å². The number of ether oxygens (including phenoxy) is 2. The van der Waals surface area contributed by atoms with Gasteiger partial charge in [-0.1, -0.05) is 0 Å². The van der Waals surface area contributed by atoms with Gasteiger partial charge in [0.25, 0.3) is 0 Å². The van der Waals surface area contributed by atoms with Crippen molar-refractivity contribution in [2.24, 2.45) is 0 Å². The topological polar surface area (TPSA) is 90.4 Å². The Balaban J connectivity index is 2.00. The molecule has 0 atom stereocenters. The van der Waals surface area contributed by atoms with Crippen molar-refractivity contribution >= 4 is 26.6 Å². The predicted molar refractivity (Wildman–Crippen MR) is 99.5 cm³/mol. The lowest BCUT2D eigenvalue weighted by atomic mass is 10.1. The fourth-order valence-electron chi connectivity index (χ4n) is 2.71. The third-order valence-electron chi connectivity index (χ3n) is 3.93. The highest BCUT2D eigenvalue weighted by Crippen LogP contribution is 2.30. The summed E-state index contributed by atoms with van der Waals surface area (Å²) in [5, 5.41) is 3.17. The summed E-state index contributed by atoms with van der Waals surface area (Å²) >= 11 is 0. The lowest BCUT2D eigenvalue weighted by Crippen LogP contribution is -2.08. The Hall–Kier alpha value is -2.87. The van der Waals surface area contributed by atoms with Crippen LogP contribution in [0.1, 0.15) is 5.56 Å². The van der Waals surface area contributed by atoms with E-state index >= 15 is 0 Å². The number of hydrogen-bond acceptors (Lipinski definition) is 7. The molecule has 3 rings (SSSR count). The van der Waals surface area contributed by atoms with E-state index in [1.165, 1.54) is 12.4 Å². The summed E-state index contributed by atoms with van der Waals surface area (Å²) in [7, 11) is -0.347. The van der Waals surface area contributed by atoms with Gasteiger partial charge in [0.05, 0.1) is 25.4 Å². The molecule has 0 radical (unpaired) electrons. The summed E-state index contributed by atoms with van der Waals surface area (Å²) < 4.78 is 35.2. The monoisotopic (exact) mass is 373 g/mol. The van der Waals surface area contributed by atoms with Crippen molar-refractivity contribution in [1.82, 2.24) is 9.97 Å². The van der Waals surface area contributed by atoms with Gasteiger partial charge in [-0.2, -0.15) is 0 Å². The first-order valence-corrected chi connectivity index (χ1v) is 9.71. The maximum Gasteiger partial charge on any atom is 0.179 e. The average Bonchev–Trinajstić information content (AvgIpc) is 2.64. The van der Waals surface area contributed by atoms with Crippen LogP contribution in [0.5, 0.6) is 11.5 Å². The van der Waals surface area contributed by atoms with E-state index in [1.54, 1.807) is 32.4 Å². The smallest absolute Gasteiger partial charge is 0.179 e. The van der Waals surface area contributed by atoms with Crippen molar-refractivity contribution in [3.8, 4) is 11.5 Å². The Labute approximate surface area is 151 Å². The molecule has 1 aromatic heterocycles. The van der Waals surface area contributed by atoms with Crippen molar-refractivity contribution in [2.45, 2.75) is 11.4 Å². The van der Waals surface area contributed by atoms with Gasteiger partial charge >= 0.3 is 0 Å². The Bertz CT molecular complexity index is 1050. The van der Waals surface area contributed by atoms with E-state index in [0.29, 0.717) is 34.8 Å². The highest BCUT2D eigenvalue weighted by molar-refractivity contribution is 7.91. The number of nitrogens with zero attached hydrogens (tertiary/aromatic N) is 2. The second-order valence-electron chi connectivity index (χ2n) is 5.67. The zero-order valence-corrected chi connectivity index (χ0v) is 15.5. The fraction of sp³-hybridized carbons (Fsp3) is 0.222. The summed E-state index contributed by atoms with van der Waals surface area (Å²) in [6.07, 6.45) is 4.17. The van der Waals surface area contributed by atoms with Crippen molar-refractivity contribution in [3.05, 3.63) is 48.3 Å². The highest BCUT2D eigenvalue weighted by atomic mass is 32.2.